The zero-order valence-electron chi connectivity index (χ0n) is 17.4. The fourth-order valence-electron chi connectivity index (χ4n) is 2.89. The number of hydrogen-bond acceptors (Lipinski definition) is 6. The highest BCUT2D eigenvalue weighted by Gasteiger charge is 2.39. The molecular formula is C21H29NO5S. The van der Waals surface area contributed by atoms with Crippen LogP contribution >= 0.6 is 11.8 Å². The highest BCUT2D eigenvalue weighted by molar-refractivity contribution is 8.04. The highest BCUT2D eigenvalue weighted by Crippen LogP contribution is 2.40. The molecule has 1 aliphatic rings. The lowest BCUT2D eigenvalue weighted by Crippen LogP contribution is -2.33. The summed E-state index contributed by atoms with van der Waals surface area (Å²) in [5.41, 5.74) is 1.08. The number of imide groups is 1. The van der Waals surface area contributed by atoms with Crippen molar-refractivity contribution in [3.63, 3.8) is 0 Å². The second-order valence-electron chi connectivity index (χ2n) is 6.98. The van der Waals surface area contributed by atoms with Crippen LogP contribution in [-0.2, 0) is 14.3 Å². The zero-order chi connectivity index (χ0) is 20.8. The van der Waals surface area contributed by atoms with Gasteiger partial charge in [-0.25, -0.2) is 0 Å². The van der Waals surface area contributed by atoms with Gasteiger partial charge in [0.1, 0.15) is 0 Å². The lowest BCUT2D eigenvalue weighted by molar-refractivity contribution is -0.136. The van der Waals surface area contributed by atoms with E-state index in [2.05, 4.69) is 0 Å². The Morgan fingerprint density at radius 2 is 1.68 bits per heavy atom. The van der Waals surface area contributed by atoms with E-state index in [9.17, 15) is 9.59 Å². The standard InChI is InChI=1S/C21H29NO5S/c1-13(2)27-11-7-10-22-20(23)18(19(21(22)24)28-14(3)4)15-8-9-16(25-5)17(12-15)26-6/h8-9,12-14H,7,10-11H2,1-6H3. The molecule has 154 valence electrons. The third-order valence-electron chi connectivity index (χ3n) is 4.13. The third kappa shape index (κ3) is 5.08. The van der Waals surface area contributed by atoms with Crippen LogP contribution in [0.25, 0.3) is 5.57 Å². The van der Waals surface area contributed by atoms with Gasteiger partial charge in [0.2, 0.25) is 0 Å². The van der Waals surface area contributed by atoms with Crippen LogP contribution in [0.2, 0.25) is 0 Å². The number of benzene rings is 1. The Morgan fingerprint density at radius 3 is 2.25 bits per heavy atom. The molecule has 0 aromatic heterocycles. The van der Waals surface area contributed by atoms with E-state index in [4.69, 9.17) is 14.2 Å². The number of carbonyl (C=O) groups excluding carboxylic acids is 2. The average Bonchev–Trinajstić information content (AvgIpc) is 2.87. The van der Waals surface area contributed by atoms with Crippen LogP contribution in [0.5, 0.6) is 11.5 Å². The minimum absolute atomic E-state index is 0.123. The van der Waals surface area contributed by atoms with Crippen molar-refractivity contribution in [3.8, 4) is 11.5 Å². The van der Waals surface area contributed by atoms with Crippen molar-refractivity contribution in [2.24, 2.45) is 0 Å². The number of hydrogen-bond donors (Lipinski definition) is 0. The first-order valence-corrected chi connectivity index (χ1v) is 10.3. The molecule has 0 bridgehead atoms. The van der Waals surface area contributed by atoms with Crippen LogP contribution in [0.4, 0.5) is 0 Å². The van der Waals surface area contributed by atoms with E-state index in [1.807, 2.05) is 27.7 Å². The van der Waals surface area contributed by atoms with Gasteiger partial charge >= 0.3 is 0 Å². The quantitative estimate of drug-likeness (QED) is 0.435. The van der Waals surface area contributed by atoms with Crippen LogP contribution in [0, 0.1) is 0 Å². The predicted octanol–water partition coefficient (Wildman–Crippen LogP) is 3.74. The Balaban J connectivity index is 2.33. The summed E-state index contributed by atoms with van der Waals surface area (Å²) in [6.07, 6.45) is 0.728. The molecule has 28 heavy (non-hydrogen) atoms. The summed E-state index contributed by atoms with van der Waals surface area (Å²) in [7, 11) is 3.10. The highest BCUT2D eigenvalue weighted by atomic mass is 32.2. The molecule has 0 spiro atoms. The Hall–Kier alpha value is -1.99. The van der Waals surface area contributed by atoms with Gasteiger partial charge in [0, 0.05) is 18.4 Å². The molecule has 1 aromatic rings. The van der Waals surface area contributed by atoms with Gasteiger partial charge in [-0.3, -0.25) is 14.5 Å². The van der Waals surface area contributed by atoms with Crippen molar-refractivity contribution < 1.29 is 23.8 Å². The summed E-state index contributed by atoms with van der Waals surface area (Å²) in [5, 5.41) is 0.172. The number of amides is 2. The maximum atomic E-state index is 13.1. The minimum atomic E-state index is -0.273. The minimum Gasteiger partial charge on any atom is -0.493 e. The molecule has 0 atom stereocenters. The van der Waals surface area contributed by atoms with Gasteiger partial charge in [-0.2, -0.15) is 0 Å². The monoisotopic (exact) mass is 407 g/mol. The van der Waals surface area contributed by atoms with Crippen molar-refractivity contribution in [3.05, 3.63) is 28.7 Å². The third-order valence-corrected chi connectivity index (χ3v) is 5.21. The average molecular weight is 408 g/mol. The second kappa shape index (κ2) is 9.98. The lowest BCUT2D eigenvalue weighted by Gasteiger charge is -2.16. The molecule has 0 aliphatic carbocycles. The van der Waals surface area contributed by atoms with E-state index >= 15 is 0 Å². The van der Waals surface area contributed by atoms with Gasteiger partial charge in [0.05, 0.1) is 30.8 Å². The zero-order valence-corrected chi connectivity index (χ0v) is 18.2. The first-order valence-electron chi connectivity index (χ1n) is 9.41. The van der Waals surface area contributed by atoms with E-state index in [0.29, 0.717) is 47.1 Å². The molecule has 2 amide bonds. The molecule has 0 N–H and O–H groups in total. The van der Waals surface area contributed by atoms with E-state index in [1.165, 1.54) is 16.7 Å². The van der Waals surface area contributed by atoms with Gasteiger partial charge in [-0.05, 0) is 38.0 Å². The number of methoxy groups -OCH3 is 2. The summed E-state index contributed by atoms with van der Waals surface area (Å²) in [6.45, 7) is 8.76. The molecule has 0 saturated heterocycles. The first-order chi connectivity index (χ1) is 13.3. The van der Waals surface area contributed by atoms with Crippen LogP contribution in [0.3, 0.4) is 0 Å². The molecule has 6 nitrogen and oxygen atoms in total. The summed E-state index contributed by atoms with van der Waals surface area (Å²) in [6, 6.07) is 5.27. The van der Waals surface area contributed by atoms with Gasteiger partial charge in [0.25, 0.3) is 11.8 Å². The lowest BCUT2D eigenvalue weighted by atomic mass is 10.1. The Morgan fingerprint density at radius 1 is 1.00 bits per heavy atom. The molecule has 7 heteroatoms. The molecule has 1 aliphatic heterocycles. The first kappa shape index (κ1) is 22.3. The Bertz CT molecular complexity index is 757. The SMILES string of the molecule is COc1ccc(C2=C(SC(C)C)C(=O)N(CCCOC(C)C)C2=O)cc1OC. The topological polar surface area (TPSA) is 65.1 Å². The largest absolute Gasteiger partial charge is 0.493 e. The van der Waals surface area contributed by atoms with E-state index in [0.717, 1.165) is 0 Å². The maximum Gasteiger partial charge on any atom is 0.267 e. The van der Waals surface area contributed by atoms with Crippen molar-refractivity contribution in [2.45, 2.75) is 45.5 Å². The van der Waals surface area contributed by atoms with Crippen molar-refractivity contribution in [1.82, 2.24) is 4.90 Å². The molecule has 0 radical (unpaired) electrons. The van der Waals surface area contributed by atoms with Gasteiger partial charge in [-0.1, -0.05) is 19.9 Å². The molecule has 1 aromatic carbocycles. The molecule has 0 fully saturated rings. The fourth-order valence-corrected chi connectivity index (χ4v) is 3.90. The van der Waals surface area contributed by atoms with E-state index < -0.39 is 0 Å². The molecule has 0 unspecified atom stereocenters. The second-order valence-corrected chi connectivity index (χ2v) is 8.56. The summed E-state index contributed by atoms with van der Waals surface area (Å²) in [5.74, 6) is 0.581. The van der Waals surface area contributed by atoms with Crippen LogP contribution in [0.1, 0.15) is 39.7 Å². The molecule has 2 rings (SSSR count). The molecule has 1 heterocycles. The number of rotatable bonds is 10. The van der Waals surface area contributed by atoms with Crippen molar-refractivity contribution >= 4 is 29.1 Å². The van der Waals surface area contributed by atoms with E-state index in [-0.39, 0.29) is 23.2 Å². The smallest absolute Gasteiger partial charge is 0.267 e. The number of carbonyl (C=O) groups is 2. The van der Waals surface area contributed by atoms with Crippen molar-refractivity contribution in [2.75, 3.05) is 27.4 Å². The summed E-state index contributed by atoms with van der Waals surface area (Å²) < 4.78 is 16.2. The van der Waals surface area contributed by atoms with Gasteiger partial charge < -0.3 is 14.2 Å². The normalized spacial score (nSPS) is 14.6. The number of nitrogens with zero attached hydrogens (tertiary/aromatic N) is 1. The fraction of sp³-hybridized carbons (Fsp3) is 0.524. The summed E-state index contributed by atoms with van der Waals surface area (Å²) >= 11 is 1.41. The van der Waals surface area contributed by atoms with Gasteiger partial charge in [-0.15, -0.1) is 11.8 Å². The number of thioether (sulfide) groups is 1. The Labute approximate surface area is 171 Å². The van der Waals surface area contributed by atoms with E-state index in [1.54, 1.807) is 32.4 Å². The Kier molecular flexibility index (Phi) is 7.95. The summed E-state index contributed by atoms with van der Waals surface area (Å²) in [4.78, 5) is 27.9. The van der Waals surface area contributed by atoms with Crippen LogP contribution in [-0.4, -0.2) is 55.4 Å². The predicted molar refractivity (Wildman–Crippen MR) is 112 cm³/mol. The maximum absolute atomic E-state index is 13.1. The van der Waals surface area contributed by atoms with Gasteiger partial charge in [0.15, 0.2) is 11.5 Å². The van der Waals surface area contributed by atoms with Crippen molar-refractivity contribution in [1.29, 1.82) is 0 Å². The van der Waals surface area contributed by atoms with Crippen LogP contribution in [0.15, 0.2) is 23.1 Å². The molecule has 0 saturated carbocycles. The molecular weight excluding hydrogens is 378 g/mol. The number of ether oxygens (including phenoxy) is 3. The van der Waals surface area contributed by atoms with Crippen LogP contribution < -0.4 is 9.47 Å².